The fourth-order valence-corrected chi connectivity index (χ4v) is 4.01. The molecule has 1 aliphatic heterocycles. The van der Waals surface area contributed by atoms with Crippen LogP contribution in [-0.4, -0.2) is 45.3 Å². The number of sulfone groups is 1. The van der Waals surface area contributed by atoms with Gasteiger partial charge in [-0.3, -0.25) is 0 Å². The van der Waals surface area contributed by atoms with Crippen LogP contribution in [0.1, 0.15) is 13.3 Å². The molecule has 0 aliphatic carbocycles. The predicted octanol–water partition coefficient (Wildman–Crippen LogP) is 2.47. The molecule has 1 aromatic rings. The van der Waals surface area contributed by atoms with Crippen molar-refractivity contribution >= 4 is 31.5 Å². The van der Waals surface area contributed by atoms with Crippen LogP contribution in [0.5, 0.6) is 0 Å². The van der Waals surface area contributed by atoms with Crippen LogP contribution in [0.3, 0.4) is 0 Å². The Morgan fingerprint density at radius 1 is 1.35 bits per heavy atom. The normalized spacial score (nSPS) is 20.1. The number of nitrogens with zero attached hydrogens (tertiary/aromatic N) is 1. The molecule has 0 amide bonds. The zero-order valence-electron chi connectivity index (χ0n) is 11.6. The molecule has 1 saturated heterocycles. The van der Waals surface area contributed by atoms with Gasteiger partial charge in [-0.25, -0.2) is 8.42 Å². The number of ether oxygens (including phenoxy) is 1. The van der Waals surface area contributed by atoms with E-state index in [1.807, 2.05) is 19.1 Å². The molecule has 4 nitrogen and oxygen atoms in total. The van der Waals surface area contributed by atoms with Crippen molar-refractivity contribution in [2.24, 2.45) is 0 Å². The molecule has 1 aliphatic rings. The molecule has 2 rings (SSSR count). The van der Waals surface area contributed by atoms with Crippen LogP contribution < -0.4 is 4.90 Å². The van der Waals surface area contributed by atoms with E-state index in [4.69, 9.17) is 4.74 Å². The van der Waals surface area contributed by atoms with E-state index < -0.39 is 9.84 Å². The van der Waals surface area contributed by atoms with E-state index in [2.05, 4.69) is 20.8 Å². The number of halogens is 1. The van der Waals surface area contributed by atoms with E-state index in [9.17, 15) is 8.42 Å². The van der Waals surface area contributed by atoms with Crippen molar-refractivity contribution in [1.29, 1.82) is 0 Å². The van der Waals surface area contributed by atoms with Crippen molar-refractivity contribution in [3.05, 3.63) is 24.3 Å². The lowest BCUT2D eigenvalue weighted by Gasteiger charge is -2.33. The molecule has 0 saturated carbocycles. The summed E-state index contributed by atoms with van der Waals surface area (Å²) in [6.45, 7) is 4.24. The molecule has 1 aromatic carbocycles. The first-order chi connectivity index (χ1) is 9.56. The average molecular weight is 362 g/mol. The van der Waals surface area contributed by atoms with Gasteiger partial charge < -0.3 is 9.64 Å². The maximum absolute atomic E-state index is 12.0. The SMILES string of the molecule is CCCS(=O)(=O)c1ccc(N2CCOC(CBr)C2)cc1. The third-order valence-electron chi connectivity index (χ3n) is 3.34. The Bertz CT molecular complexity index is 530. The topological polar surface area (TPSA) is 46.6 Å². The molecule has 20 heavy (non-hydrogen) atoms. The third kappa shape index (κ3) is 3.74. The maximum Gasteiger partial charge on any atom is 0.178 e. The molecule has 1 fully saturated rings. The van der Waals surface area contributed by atoms with Crippen molar-refractivity contribution in [3.8, 4) is 0 Å². The van der Waals surface area contributed by atoms with Crippen LogP contribution in [0.2, 0.25) is 0 Å². The Balaban J connectivity index is 2.12. The Kier molecular flexibility index (Phi) is 5.46. The summed E-state index contributed by atoms with van der Waals surface area (Å²) in [5, 5.41) is 0.812. The van der Waals surface area contributed by atoms with E-state index >= 15 is 0 Å². The summed E-state index contributed by atoms with van der Waals surface area (Å²) in [7, 11) is -3.12. The van der Waals surface area contributed by atoms with Crippen molar-refractivity contribution < 1.29 is 13.2 Å². The first-order valence-corrected chi connectivity index (χ1v) is 9.59. The van der Waals surface area contributed by atoms with Crippen molar-refractivity contribution in [2.75, 3.05) is 35.7 Å². The van der Waals surface area contributed by atoms with Crippen LogP contribution in [0.15, 0.2) is 29.2 Å². The fraction of sp³-hybridized carbons (Fsp3) is 0.571. The van der Waals surface area contributed by atoms with Gasteiger partial charge in [-0.05, 0) is 30.7 Å². The molecule has 1 atom stereocenters. The number of hydrogen-bond acceptors (Lipinski definition) is 4. The number of alkyl halides is 1. The van der Waals surface area contributed by atoms with Gasteiger partial charge in [-0.1, -0.05) is 22.9 Å². The second-order valence-electron chi connectivity index (χ2n) is 4.91. The fourth-order valence-electron chi connectivity index (χ4n) is 2.30. The number of morpholine rings is 1. The summed E-state index contributed by atoms with van der Waals surface area (Å²) in [6, 6.07) is 7.19. The molecular weight excluding hydrogens is 342 g/mol. The zero-order valence-corrected chi connectivity index (χ0v) is 14.0. The largest absolute Gasteiger partial charge is 0.374 e. The van der Waals surface area contributed by atoms with Crippen molar-refractivity contribution in [1.82, 2.24) is 0 Å². The average Bonchev–Trinajstić information content (AvgIpc) is 2.47. The quantitative estimate of drug-likeness (QED) is 0.755. The number of rotatable bonds is 5. The van der Waals surface area contributed by atoms with Gasteiger partial charge in [0.25, 0.3) is 0 Å². The minimum atomic E-state index is -3.12. The lowest BCUT2D eigenvalue weighted by atomic mass is 10.2. The molecule has 0 N–H and O–H groups in total. The highest BCUT2D eigenvalue weighted by Gasteiger charge is 2.20. The van der Waals surface area contributed by atoms with E-state index in [1.165, 1.54) is 0 Å². The standard InChI is InChI=1S/C14H20BrNO3S/c1-2-9-20(17,18)14-5-3-12(4-6-14)16-7-8-19-13(10-15)11-16/h3-6,13H,2,7-11H2,1H3. The summed E-state index contributed by atoms with van der Waals surface area (Å²) in [5.74, 6) is 0.204. The van der Waals surface area contributed by atoms with Gasteiger partial charge in [0.05, 0.1) is 23.4 Å². The predicted molar refractivity (Wildman–Crippen MR) is 84.5 cm³/mol. The Hall–Kier alpha value is -0.590. The smallest absolute Gasteiger partial charge is 0.178 e. The molecule has 0 bridgehead atoms. The van der Waals surface area contributed by atoms with Crippen LogP contribution >= 0.6 is 15.9 Å². The van der Waals surface area contributed by atoms with E-state index in [1.54, 1.807) is 12.1 Å². The van der Waals surface area contributed by atoms with E-state index in [0.717, 1.165) is 24.1 Å². The molecule has 0 radical (unpaired) electrons. The Morgan fingerprint density at radius 2 is 2.05 bits per heavy atom. The van der Waals surface area contributed by atoms with Gasteiger partial charge in [0.1, 0.15) is 0 Å². The van der Waals surface area contributed by atoms with Crippen LogP contribution in [0.4, 0.5) is 5.69 Å². The van der Waals surface area contributed by atoms with Gasteiger partial charge >= 0.3 is 0 Å². The van der Waals surface area contributed by atoms with Gasteiger partial charge in [-0.15, -0.1) is 0 Å². The molecule has 0 spiro atoms. The third-order valence-corrected chi connectivity index (χ3v) is 6.00. The van der Waals surface area contributed by atoms with Gasteiger partial charge in [-0.2, -0.15) is 0 Å². The molecule has 112 valence electrons. The van der Waals surface area contributed by atoms with Gasteiger partial charge in [0, 0.05) is 24.1 Å². The number of anilines is 1. The van der Waals surface area contributed by atoms with Crippen LogP contribution in [-0.2, 0) is 14.6 Å². The highest BCUT2D eigenvalue weighted by atomic mass is 79.9. The highest BCUT2D eigenvalue weighted by molar-refractivity contribution is 9.09. The summed E-state index contributed by atoms with van der Waals surface area (Å²) < 4.78 is 29.6. The second kappa shape index (κ2) is 6.91. The van der Waals surface area contributed by atoms with Gasteiger partial charge in [0.15, 0.2) is 9.84 Å². The number of benzene rings is 1. The molecular formula is C14H20BrNO3S. The summed E-state index contributed by atoms with van der Waals surface area (Å²) in [6.07, 6.45) is 0.827. The first kappa shape index (κ1) is 15.8. The number of hydrogen-bond donors (Lipinski definition) is 0. The highest BCUT2D eigenvalue weighted by Crippen LogP contribution is 2.21. The Labute approximate surface area is 129 Å². The van der Waals surface area contributed by atoms with Crippen molar-refractivity contribution in [2.45, 2.75) is 24.3 Å². The van der Waals surface area contributed by atoms with Crippen LogP contribution in [0, 0.1) is 0 Å². The minimum Gasteiger partial charge on any atom is -0.374 e. The lowest BCUT2D eigenvalue weighted by molar-refractivity contribution is 0.0571. The first-order valence-electron chi connectivity index (χ1n) is 6.82. The summed E-state index contributed by atoms with van der Waals surface area (Å²) in [5.41, 5.74) is 1.05. The maximum atomic E-state index is 12.0. The summed E-state index contributed by atoms with van der Waals surface area (Å²) in [4.78, 5) is 2.64. The summed E-state index contributed by atoms with van der Waals surface area (Å²) >= 11 is 3.43. The zero-order chi connectivity index (χ0) is 14.6. The second-order valence-corrected chi connectivity index (χ2v) is 7.66. The van der Waals surface area contributed by atoms with Crippen molar-refractivity contribution in [3.63, 3.8) is 0 Å². The van der Waals surface area contributed by atoms with E-state index in [0.29, 0.717) is 17.9 Å². The molecule has 1 heterocycles. The molecule has 6 heteroatoms. The van der Waals surface area contributed by atoms with Crippen LogP contribution in [0.25, 0.3) is 0 Å². The van der Waals surface area contributed by atoms with Gasteiger partial charge in [0.2, 0.25) is 0 Å². The van der Waals surface area contributed by atoms with E-state index in [-0.39, 0.29) is 11.9 Å². The molecule has 0 aromatic heterocycles. The minimum absolute atomic E-state index is 0.187. The Morgan fingerprint density at radius 3 is 2.65 bits per heavy atom. The molecule has 1 unspecified atom stereocenters. The lowest BCUT2D eigenvalue weighted by Crippen LogP contribution is -2.43. The monoisotopic (exact) mass is 361 g/mol.